The molecule has 0 radical (unpaired) electrons. The number of aromatic nitrogens is 2. The topological polar surface area (TPSA) is 81.8 Å². The molecule has 8 nitrogen and oxygen atoms in total. The molecule has 2 aliphatic heterocycles. The van der Waals surface area contributed by atoms with Crippen molar-refractivity contribution in [2.75, 3.05) is 38.1 Å². The third-order valence-electron chi connectivity index (χ3n) is 8.59. The van der Waals surface area contributed by atoms with Crippen LogP contribution >= 0.6 is 15.9 Å². The van der Waals surface area contributed by atoms with Crippen molar-refractivity contribution >= 4 is 44.3 Å². The van der Waals surface area contributed by atoms with E-state index >= 15 is 0 Å². The maximum atomic E-state index is 14.1. The lowest BCUT2D eigenvalue weighted by molar-refractivity contribution is -0.193. The first kappa shape index (κ1) is 27.1. The molecule has 2 fully saturated rings. The van der Waals surface area contributed by atoms with E-state index in [1.807, 2.05) is 36.4 Å². The summed E-state index contributed by atoms with van der Waals surface area (Å²) in [6, 6.07) is 9.53. The zero-order valence-corrected chi connectivity index (χ0v) is 23.5. The van der Waals surface area contributed by atoms with E-state index in [2.05, 4.69) is 26.1 Å². The van der Waals surface area contributed by atoms with Crippen molar-refractivity contribution in [3.63, 3.8) is 0 Å². The van der Waals surface area contributed by atoms with Crippen LogP contribution in [0.4, 0.5) is 18.9 Å². The first-order chi connectivity index (χ1) is 19.1. The number of benzene rings is 2. The van der Waals surface area contributed by atoms with Crippen LogP contribution in [0.15, 0.2) is 47.1 Å². The third kappa shape index (κ3) is 4.64. The summed E-state index contributed by atoms with van der Waals surface area (Å²) in [4.78, 5) is 31.3. The van der Waals surface area contributed by atoms with E-state index in [0.717, 1.165) is 26.7 Å². The normalized spacial score (nSPS) is 25.6. The molecule has 1 aliphatic carbocycles. The molecule has 0 bridgehead atoms. The van der Waals surface area contributed by atoms with Gasteiger partial charge in [-0.3, -0.25) is 19.6 Å². The fraction of sp³-hybridized carbons (Fsp3) is 0.464. The number of hydrogen-bond acceptors (Lipinski definition) is 5. The van der Waals surface area contributed by atoms with Gasteiger partial charge in [-0.15, -0.1) is 0 Å². The minimum absolute atomic E-state index is 0.0750. The standard InChI is InChI=1S/C28H29BrF3N5O3/c1-35-11-12-36(15-23(35)28(30,31)32)24(38)16-37-22-4-2-3-20(29)25(22)27(26(37)39)9-7-18(8-10-27)40-19-5-6-21-17(13-19)14-33-34-21/h2-6,13-14,18,23H,7-12,15-16H2,1H3,(H,33,34). The number of halogens is 4. The van der Waals surface area contributed by atoms with E-state index in [0.29, 0.717) is 31.4 Å². The number of likely N-dealkylation sites (N-methyl/N-ethyl adjacent to an activating group) is 1. The monoisotopic (exact) mass is 619 g/mol. The number of aromatic amines is 1. The molecule has 1 saturated carbocycles. The van der Waals surface area contributed by atoms with Crippen LogP contribution in [-0.4, -0.2) is 83.4 Å². The van der Waals surface area contributed by atoms with Crippen molar-refractivity contribution in [1.82, 2.24) is 20.0 Å². The zero-order valence-electron chi connectivity index (χ0n) is 21.9. The number of ether oxygens (including phenoxy) is 1. The molecule has 3 aliphatic rings. The van der Waals surface area contributed by atoms with Crippen molar-refractivity contribution in [3.8, 4) is 5.75 Å². The largest absolute Gasteiger partial charge is 0.490 e. The van der Waals surface area contributed by atoms with Crippen LogP contribution in [0.2, 0.25) is 0 Å². The Hall–Kier alpha value is -3.12. The van der Waals surface area contributed by atoms with Gasteiger partial charge in [0.15, 0.2) is 0 Å². The molecule has 3 heterocycles. The van der Waals surface area contributed by atoms with Gasteiger partial charge in [0, 0.05) is 40.7 Å². The van der Waals surface area contributed by atoms with Crippen LogP contribution in [0.3, 0.4) is 0 Å². The van der Waals surface area contributed by atoms with E-state index < -0.39 is 30.1 Å². The van der Waals surface area contributed by atoms with E-state index in [1.165, 1.54) is 21.7 Å². The number of hydrogen-bond donors (Lipinski definition) is 1. The van der Waals surface area contributed by atoms with E-state index in [4.69, 9.17) is 4.74 Å². The predicted octanol–water partition coefficient (Wildman–Crippen LogP) is 4.64. The predicted molar refractivity (Wildman–Crippen MR) is 146 cm³/mol. The van der Waals surface area contributed by atoms with Gasteiger partial charge in [0.1, 0.15) is 18.3 Å². The van der Waals surface area contributed by atoms with Gasteiger partial charge in [-0.2, -0.15) is 18.3 Å². The highest BCUT2D eigenvalue weighted by molar-refractivity contribution is 9.10. The fourth-order valence-corrected chi connectivity index (χ4v) is 7.12. The SMILES string of the molecule is CN1CCN(C(=O)CN2C(=O)C3(CCC(Oc4ccc5[nH]ncc5c4)CC3)c3c(Br)cccc32)CC1C(F)(F)F. The Kier molecular flexibility index (Phi) is 6.81. The molecule has 2 amide bonds. The molecule has 12 heteroatoms. The highest BCUT2D eigenvalue weighted by Gasteiger charge is 2.54. The van der Waals surface area contributed by atoms with Gasteiger partial charge < -0.3 is 14.5 Å². The Bertz CT molecular complexity index is 1450. The minimum atomic E-state index is -4.44. The molecule has 1 atom stereocenters. The molecule has 2 aromatic carbocycles. The van der Waals surface area contributed by atoms with Crippen LogP contribution in [0.1, 0.15) is 31.2 Å². The fourth-order valence-electron chi connectivity index (χ4n) is 6.38. The quantitative estimate of drug-likeness (QED) is 0.460. The smallest absolute Gasteiger partial charge is 0.405 e. The summed E-state index contributed by atoms with van der Waals surface area (Å²) in [6.45, 7) is -0.432. The Morgan fingerprint density at radius 1 is 1.20 bits per heavy atom. The zero-order chi connectivity index (χ0) is 28.2. The molecule has 40 heavy (non-hydrogen) atoms. The van der Waals surface area contributed by atoms with Crippen molar-refractivity contribution in [2.24, 2.45) is 0 Å². The third-order valence-corrected chi connectivity index (χ3v) is 9.25. The highest BCUT2D eigenvalue weighted by Crippen LogP contribution is 2.53. The van der Waals surface area contributed by atoms with E-state index in [9.17, 15) is 22.8 Å². The van der Waals surface area contributed by atoms with Gasteiger partial charge in [0.05, 0.1) is 23.2 Å². The number of carbonyl (C=O) groups is 2. The average Bonchev–Trinajstić information content (AvgIpc) is 3.47. The number of anilines is 1. The number of H-pyrrole nitrogens is 1. The Balaban J connectivity index is 1.19. The Labute approximate surface area is 237 Å². The highest BCUT2D eigenvalue weighted by atomic mass is 79.9. The van der Waals surface area contributed by atoms with Crippen molar-refractivity contribution < 1.29 is 27.5 Å². The summed E-state index contributed by atoms with van der Waals surface area (Å²) < 4.78 is 47.7. The van der Waals surface area contributed by atoms with Gasteiger partial charge in [0.2, 0.25) is 11.8 Å². The van der Waals surface area contributed by atoms with Gasteiger partial charge in [-0.1, -0.05) is 22.0 Å². The molecule has 1 aromatic heterocycles. The molecular formula is C28H29BrF3N5O3. The average molecular weight is 620 g/mol. The van der Waals surface area contributed by atoms with Crippen molar-refractivity contribution in [3.05, 3.63) is 52.6 Å². The molecule has 3 aromatic rings. The maximum Gasteiger partial charge on any atom is 0.405 e. The molecule has 6 rings (SSSR count). The number of carbonyl (C=O) groups excluding carboxylic acids is 2. The number of alkyl halides is 3. The first-order valence-electron chi connectivity index (χ1n) is 13.3. The number of nitrogens with zero attached hydrogens (tertiary/aromatic N) is 4. The summed E-state index contributed by atoms with van der Waals surface area (Å²) in [6.07, 6.45) is -0.416. The minimum Gasteiger partial charge on any atom is -0.490 e. The lowest BCUT2D eigenvalue weighted by Gasteiger charge is -2.40. The summed E-state index contributed by atoms with van der Waals surface area (Å²) >= 11 is 3.64. The lowest BCUT2D eigenvalue weighted by Crippen LogP contribution is -2.60. The summed E-state index contributed by atoms with van der Waals surface area (Å²) in [5, 5.41) is 7.92. The summed E-state index contributed by atoms with van der Waals surface area (Å²) in [7, 11) is 1.41. The van der Waals surface area contributed by atoms with Gasteiger partial charge in [-0.25, -0.2) is 0 Å². The second kappa shape index (κ2) is 10.1. The van der Waals surface area contributed by atoms with Crippen molar-refractivity contribution in [1.29, 1.82) is 0 Å². The Morgan fingerprint density at radius 2 is 1.98 bits per heavy atom. The van der Waals surface area contributed by atoms with Crippen LogP contribution in [0.25, 0.3) is 10.9 Å². The first-order valence-corrected chi connectivity index (χ1v) is 14.1. The van der Waals surface area contributed by atoms with E-state index in [1.54, 1.807) is 6.20 Å². The Morgan fingerprint density at radius 3 is 2.73 bits per heavy atom. The van der Waals surface area contributed by atoms with Crippen molar-refractivity contribution in [2.45, 2.75) is 49.4 Å². The summed E-state index contributed by atoms with van der Waals surface area (Å²) in [5.41, 5.74) is 1.59. The molecular weight excluding hydrogens is 591 g/mol. The van der Waals surface area contributed by atoms with E-state index in [-0.39, 0.29) is 31.6 Å². The van der Waals surface area contributed by atoms with Crippen LogP contribution < -0.4 is 9.64 Å². The van der Waals surface area contributed by atoms with Gasteiger partial charge in [-0.05, 0) is 63.1 Å². The second-order valence-corrected chi connectivity index (χ2v) is 11.8. The molecule has 212 valence electrons. The number of rotatable bonds is 4. The maximum absolute atomic E-state index is 14.1. The van der Waals surface area contributed by atoms with Crippen LogP contribution in [0, 0.1) is 0 Å². The molecule has 1 saturated heterocycles. The lowest BCUT2D eigenvalue weighted by atomic mass is 9.69. The van der Waals surface area contributed by atoms with Gasteiger partial charge >= 0.3 is 6.18 Å². The number of piperazine rings is 1. The molecule has 1 spiro atoms. The van der Waals surface area contributed by atoms with Crippen LogP contribution in [0.5, 0.6) is 5.75 Å². The molecule has 1 N–H and O–H groups in total. The number of fused-ring (bicyclic) bond motifs is 3. The molecule has 1 unspecified atom stereocenters. The van der Waals surface area contributed by atoms with Crippen LogP contribution in [-0.2, 0) is 15.0 Å². The number of nitrogens with one attached hydrogen (secondary N) is 1. The second-order valence-electron chi connectivity index (χ2n) is 10.9. The summed E-state index contributed by atoms with van der Waals surface area (Å²) in [5.74, 6) is 0.0820. The van der Waals surface area contributed by atoms with Gasteiger partial charge in [0.25, 0.3) is 0 Å². The number of amides is 2.